The second kappa shape index (κ2) is 5.58. The Balaban J connectivity index is 1.67. The topological polar surface area (TPSA) is 35.2 Å². The summed E-state index contributed by atoms with van der Waals surface area (Å²) in [4.78, 5) is 1.35. The van der Waals surface area contributed by atoms with Gasteiger partial charge in [-0.2, -0.15) is 11.8 Å². The van der Waals surface area contributed by atoms with Crippen LogP contribution in [0.1, 0.15) is 24.8 Å². The van der Waals surface area contributed by atoms with Crippen LogP contribution >= 0.6 is 23.5 Å². The molecule has 0 radical (unpaired) electrons. The number of hydrogen-bond acceptors (Lipinski definition) is 4. The number of benzene rings is 1. The fourth-order valence-corrected chi connectivity index (χ4v) is 5.62. The molecule has 1 aromatic carbocycles. The van der Waals surface area contributed by atoms with Gasteiger partial charge in [-0.15, -0.1) is 11.8 Å². The lowest BCUT2D eigenvalue weighted by Gasteiger charge is -2.37. The molecule has 104 valence electrons. The summed E-state index contributed by atoms with van der Waals surface area (Å²) in [5, 5.41) is 0.690. The van der Waals surface area contributed by atoms with Gasteiger partial charge < -0.3 is 10.5 Å². The van der Waals surface area contributed by atoms with Crippen LogP contribution < -0.4 is 5.73 Å². The van der Waals surface area contributed by atoms with Gasteiger partial charge in [-0.25, -0.2) is 0 Å². The molecular weight excluding hydrogens is 274 g/mol. The van der Waals surface area contributed by atoms with Gasteiger partial charge in [0.25, 0.3) is 0 Å². The first-order chi connectivity index (χ1) is 9.17. The van der Waals surface area contributed by atoms with Crippen molar-refractivity contribution < 1.29 is 4.74 Å². The summed E-state index contributed by atoms with van der Waals surface area (Å²) in [5.41, 5.74) is 8.14. The molecule has 4 heteroatoms. The second-order valence-corrected chi connectivity index (χ2v) is 8.06. The fraction of sp³-hybridized carbons (Fsp3) is 0.600. The van der Waals surface area contributed by atoms with Crippen molar-refractivity contribution in [2.24, 2.45) is 0 Å². The summed E-state index contributed by atoms with van der Waals surface area (Å²) in [7, 11) is 0. The van der Waals surface area contributed by atoms with Crippen LogP contribution in [-0.4, -0.2) is 29.0 Å². The van der Waals surface area contributed by atoms with Gasteiger partial charge in [0, 0.05) is 28.2 Å². The lowest BCUT2D eigenvalue weighted by atomic mass is 9.93. The molecule has 1 spiro atoms. The number of ether oxygens (including phenoxy) is 1. The highest BCUT2D eigenvalue weighted by molar-refractivity contribution is 8.00. The number of aryl methyl sites for hydroxylation is 1. The zero-order chi connectivity index (χ0) is 13.3. The maximum Gasteiger partial charge on any atom is 0.0791 e. The van der Waals surface area contributed by atoms with Crippen molar-refractivity contribution in [1.82, 2.24) is 0 Å². The molecule has 2 heterocycles. The molecule has 0 saturated carbocycles. The van der Waals surface area contributed by atoms with Crippen LogP contribution in [0.15, 0.2) is 23.1 Å². The Kier molecular flexibility index (Phi) is 4.01. The third-order valence-electron chi connectivity index (χ3n) is 4.06. The predicted molar refractivity (Wildman–Crippen MR) is 85.1 cm³/mol. The summed E-state index contributed by atoms with van der Waals surface area (Å²) in [6, 6.07) is 6.39. The minimum absolute atomic E-state index is 0.184. The van der Waals surface area contributed by atoms with Gasteiger partial charge in [-0.05, 0) is 55.7 Å². The summed E-state index contributed by atoms with van der Waals surface area (Å²) >= 11 is 4.04. The first-order valence-electron chi connectivity index (χ1n) is 6.91. The molecule has 2 saturated heterocycles. The summed E-state index contributed by atoms with van der Waals surface area (Å²) in [6.45, 7) is 3.00. The predicted octanol–water partition coefficient (Wildman–Crippen LogP) is 3.72. The molecule has 3 rings (SSSR count). The van der Waals surface area contributed by atoms with Gasteiger partial charge in [-0.3, -0.25) is 0 Å². The van der Waals surface area contributed by atoms with Crippen LogP contribution in [0.3, 0.4) is 0 Å². The van der Waals surface area contributed by atoms with E-state index >= 15 is 0 Å². The molecule has 2 aliphatic rings. The normalized spacial score (nSPS) is 30.9. The monoisotopic (exact) mass is 295 g/mol. The van der Waals surface area contributed by atoms with E-state index in [1.807, 2.05) is 29.6 Å². The van der Waals surface area contributed by atoms with Gasteiger partial charge >= 0.3 is 0 Å². The van der Waals surface area contributed by atoms with Gasteiger partial charge in [0.1, 0.15) is 0 Å². The lowest BCUT2D eigenvalue weighted by molar-refractivity contribution is -0.0562. The van der Waals surface area contributed by atoms with Crippen molar-refractivity contribution in [3.8, 4) is 0 Å². The maximum absolute atomic E-state index is 6.08. The third kappa shape index (κ3) is 3.06. The van der Waals surface area contributed by atoms with E-state index in [9.17, 15) is 0 Å². The zero-order valence-electron chi connectivity index (χ0n) is 11.4. The molecule has 0 amide bonds. The highest BCUT2D eigenvalue weighted by Crippen LogP contribution is 2.43. The lowest BCUT2D eigenvalue weighted by Crippen LogP contribution is -2.40. The summed E-state index contributed by atoms with van der Waals surface area (Å²) < 4.78 is 6.08. The standard InChI is InChI=1S/C15H21NOS2/c1-11-8-12(2-3-14(11)16)19-13-4-6-17-15(9-13)5-7-18-10-15/h2-3,8,13H,4-7,9-10,16H2,1H3. The van der Waals surface area contributed by atoms with Crippen LogP contribution in [0.2, 0.25) is 0 Å². The summed E-state index contributed by atoms with van der Waals surface area (Å²) in [5.74, 6) is 2.45. The Morgan fingerprint density at radius 3 is 3.11 bits per heavy atom. The van der Waals surface area contributed by atoms with Crippen LogP contribution in [0, 0.1) is 6.92 Å². The van der Waals surface area contributed by atoms with Gasteiger partial charge in [0.2, 0.25) is 0 Å². The molecule has 2 atom stereocenters. The Morgan fingerprint density at radius 1 is 1.47 bits per heavy atom. The molecule has 0 aliphatic carbocycles. The Bertz CT molecular complexity index is 457. The van der Waals surface area contributed by atoms with Crippen LogP contribution in [0.25, 0.3) is 0 Å². The molecule has 2 nitrogen and oxygen atoms in total. The molecule has 2 unspecified atom stereocenters. The fourth-order valence-electron chi connectivity index (χ4n) is 2.86. The van der Waals surface area contributed by atoms with E-state index in [0.29, 0.717) is 5.25 Å². The van der Waals surface area contributed by atoms with E-state index in [4.69, 9.17) is 10.5 Å². The Labute approximate surface area is 123 Å². The van der Waals surface area contributed by atoms with Gasteiger partial charge in [0.05, 0.1) is 5.60 Å². The number of rotatable bonds is 2. The second-order valence-electron chi connectivity index (χ2n) is 5.59. The van der Waals surface area contributed by atoms with Gasteiger partial charge in [0.15, 0.2) is 0 Å². The number of thioether (sulfide) groups is 2. The highest BCUT2D eigenvalue weighted by atomic mass is 32.2. The van der Waals surface area contributed by atoms with E-state index in [2.05, 4.69) is 19.1 Å². The minimum atomic E-state index is 0.184. The van der Waals surface area contributed by atoms with Crippen LogP contribution in [0.5, 0.6) is 0 Å². The minimum Gasteiger partial charge on any atom is -0.399 e. The third-order valence-corrected chi connectivity index (χ3v) is 6.54. The number of nitrogens with two attached hydrogens (primary N) is 1. The molecule has 1 aromatic rings. The molecule has 0 bridgehead atoms. The zero-order valence-corrected chi connectivity index (χ0v) is 13.0. The van der Waals surface area contributed by atoms with Crippen LogP contribution in [-0.2, 0) is 4.74 Å². The molecular formula is C15H21NOS2. The van der Waals surface area contributed by atoms with Crippen molar-refractivity contribution in [1.29, 1.82) is 0 Å². The smallest absolute Gasteiger partial charge is 0.0791 e. The van der Waals surface area contributed by atoms with E-state index in [-0.39, 0.29) is 5.60 Å². The van der Waals surface area contributed by atoms with Crippen molar-refractivity contribution in [2.45, 2.75) is 41.9 Å². The molecule has 2 fully saturated rings. The van der Waals surface area contributed by atoms with Crippen molar-refractivity contribution in [3.05, 3.63) is 23.8 Å². The van der Waals surface area contributed by atoms with E-state index < -0.39 is 0 Å². The Morgan fingerprint density at radius 2 is 2.37 bits per heavy atom. The number of hydrogen-bond donors (Lipinski definition) is 1. The quantitative estimate of drug-likeness (QED) is 0.843. The largest absolute Gasteiger partial charge is 0.399 e. The van der Waals surface area contributed by atoms with Crippen LogP contribution in [0.4, 0.5) is 5.69 Å². The molecule has 2 aliphatic heterocycles. The van der Waals surface area contributed by atoms with Crippen molar-refractivity contribution in [2.75, 3.05) is 23.8 Å². The first kappa shape index (κ1) is 13.7. The first-order valence-corrected chi connectivity index (χ1v) is 8.95. The highest BCUT2D eigenvalue weighted by Gasteiger charge is 2.40. The molecule has 0 aromatic heterocycles. The number of anilines is 1. The average molecular weight is 295 g/mol. The van der Waals surface area contributed by atoms with Crippen molar-refractivity contribution in [3.63, 3.8) is 0 Å². The maximum atomic E-state index is 6.08. The SMILES string of the molecule is Cc1cc(SC2CCOC3(CCSC3)C2)ccc1N. The average Bonchev–Trinajstić information content (AvgIpc) is 2.82. The van der Waals surface area contributed by atoms with Crippen molar-refractivity contribution >= 4 is 29.2 Å². The van der Waals surface area contributed by atoms with E-state index in [0.717, 1.165) is 12.3 Å². The van der Waals surface area contributed by atoms with E-state index in [1.165, 1.54) is 41.2 Å². The molecule has 19 heavy (non-hydrogen) atoms. The summed E-state index contributed by atoms with van der Waals surface area (Å²) in [6.07, 6.45) is 3.60. The Hall–Kier alpha value is -0.320. The van der Waals surface area contributed by atoms with Gasteiger partial charge in [-0.1, -0.05) is 0 Å². The number of nitrogen functional groups attached to an aromatic ring is 1. The molecule has 2 N–H and O–H groups in total. The van der Waals surface area contributed by atoms with E-state index in [1.54, 1.807) is 0 Å².